The van der Waals surface area contributed by atoms with Gasteiger partial charge < -0.3 is 9.64 Å². The fourth-order valence-electron chi connectivity index (χ4n) is 12.8. The van der Waals surface area contributed by atoms with Gasteiger partial charge in [-0.2, -0.15) is 0 Å². The topological polar surface area (TPSA) is 12.5 Å². The maximum Gasteiger partial charge on any atom is 0.132 e. The van der Waals surface area contributed by atoms with Gasteiger partial charge in [0.1, 0.15) is 11.5 Å². The van der Waals surface area contributed by atoms with Crippen molar-refractivity contribution in [3.63, 3.8) is 0 Å². The van der Waals surface area contributed by atoms with Crippen molar-refractivity contribution in [2.24, 2.45) is 0 Å². The number of para-hydroxylation sites is 3. The number of hydrogen-bond acceptors (Lipinski definition) is 3. The molecular formula is C68H43NOS. The zero-order valence-electron chi connectivity index (χ0n) is 38.6. The van der Waals surface area contributed by atoms with E-state index in [9.17, 15) is 0 Å². The van der Waals surface area contributed by atoms with E-state index in [-0.39, 0.29) is 0 Å². The number of rotatable bonds is 5. The first-order valence-corrected chi connectivity index (χ1v) is 25.3. The number of nitrogens with zero attached hydrogens (tertiary/aromatic N) is 1. The molecule has 15 rings (SSSR count). The van der Waals surface area contributed by atoms with E-state index >= 15 is 0 Å². The first-order chi connectivity index (χ1) is 35.2. The number of hydrogen-bond donors (Lipinski definition) is 0. The molecule has 0 bridgehead atoms. The molecule has 2 heterocycles. The van der Waals surface area contributed by atoms with Gasteiger partial charge >= 0.3 is 0 Å². The van der Waals surface area contributed by atoms with E-state index in [0.29, 0.717) is 0 Å². The molecule has 0 saturated heterocycles. The van der Waals surface area contributed by atoms with Crippen LogP contribution in [0.4, 0.5) is 17.1 Å². The summed E-state index contributed by atoms with van der Waals surface area (Å²) < 4.78 is 6.69. The molecule has 0 radical (unpaired) electrons. The predicted octanol–water partition coefficient (Wildman–Crippen LogP) is 17.8. The van der Waals surface area contributed by atoms with Crippen LogP contribution in [0.2, 0.25) is 0 Å². The third-order valence-corrected chi connectivity index (χ3v) is 16.8. The summed E-state index contributed by atoms with van der Waals surface area (Å²) in [5.74, 6) is 1.79. The van der Waals surface area contributed by atoms with Crippen molar-refractivity contribution in [2.75, 3.05) is 4.90 Å². The molecule has 2 nitrogen and oxygen atoms in total. The van der Waals surface area contributed by atoms with Crippen molar-refractivity contribution in [3.05, 3.63) is 305 Å². The molecule has 0 aromatic heterocycles. The Morgan fingerprint density at radius 1 is 0.282 bits per heavy atom. The third kappa shape index (κ3) is 5.61. The van der Waals surface area contributed by atoms with E-state index in [2.05, 4.69) is 266 Å². The normalized spacial score (nSPS) is 14.2. The monoisotopic (exact) mass is 921 g/mol. The molecule has 3 heteroatoms. The highest BCUT2D eigenvalue weighted by Crippen LogP contribution is 2.65. The summed E-state index contributed by atoms with van der Waals surface area (Å²) >= 11 is 1.88. The molecule has 0 atom stereocenters. The Balaban J connectivity index is 0.978. The van der Waals surface area contributed by atoms with E-state index in [1.54, 1.807) is 0 Å². The lowest BCUT2D eigenvalue weighted by atomic mass is 9.66. The Kier molecular flexibility index (Phi) is 8.76. The average Bonchev–Trinajstić information content (AvgIpc) is 3.89. The lowest BCUT2D eigenvalue weighted by Crippen LogP contribution is -2.32. The molecule has 0 amide bonds. The molecule has 71 heavy (non-hydrogen) atoms. The van der Waals surface area contributed by atoms with Crippen molar-refractivity contribution in [3.8, 4) is 56.0 Å². The van der Waals surface area contributed by atoms with Crippen LogP contribution >= 0.6 is 11.8 Å². The van der Waals surface area contributed by atoms with Crippen LogP contribution < -0.4 is 9.64 Å². The quantitative estimate of drug-likeness (QED) is 0.171. The van der Waals surface area contributed by atoms with Gasteiger partial charge in [-0.05, 0) is 127 Å². The standard InChI is InChI=1S/C68H43NOS/c1-2-18-44(19-3-1)45-34-36-46(37-35-45)49-20-6-13-29-62(49)69(47-38-40-56-52(42-47)50-21-4-7-23-54(50)67(56)58-25-9-14-30-63(58)70-64-31-15-10-26-59(64)67)48-39-41-57-53(43-48)51-22-5-8-24-55(51)68(57)60-27-11-16-32-65(60)71-66-33-17-12-28-61(66)68/h1-43H. The molecule has 4 aliphatic rings. The van der Waals surface area contributed by atoms with Crippen LogP contribution in [0.25, 0.3) is 44.5 Å². The zero-order chi connectivity index (χ0) is 46.7. The number of fused-ring (bicyclic) bond motifs is 18. The second-order valence-electron chi connectivity index (χ2n) is 19.0. The summed E-state index contributed by atoms with van der Waals surface area (Å²) in [6.45, 7) is 0. The Morgan fingerprint density at radius 3 is 1.24 bits per heavy atom. The molecule has 0 N–H and O–H groups in total. The average molecular weight is 922 g/mol. The van der Waals surface area contributed by atoms with Gasteiger partial charge in [-0.25, -0.2) is 0 Å². The summed E-state index contributed by atoms with van der Waals surface area (Å²) in [5, 5.41) is 0. The molecule has 0 fully saturated rings. The molecular weight excluding hydrogens is 879 g/mol. The van der Waals surface area contributed by atoms with Gasteiger partial charge in [0.25, 0.3) is 0 Å². The minimum Gasteiger partial charge on any atom is -0.457 e. The maximum atomic E-state index is 6.69. The van der Waals surface area contributed by atoms with E-state index in [0.717, 1.165) is 50.8 Å². The van der Waals surface area contributed by atoms with Crippen molar-refractivity contribution in [1.29, 1.82) is 0 Å². The molecule has 2 aliphatic heterocycles. The number of ether oxygens (including phenoxy) is 1. The van der Waals surface area contributed by atoms with Crippen LogP contribution in [0, 0.1) is 0 Å². The van der Waals surface area contributed by atoms with Crippen molar-refractivity contribution >= 4 is 28.8 Å². The van der Waals surface area contributed by atoms with Crippen LogP contribution in [0.5, 0.6) is 11.5 Å². The highest BCUT2D eigenvalue weighted by molar-refractivity contribution is 7.99. The van der Waals surface area contributed by atoms with Crippen molar-refractivity contribution < 1.29 is 4.74 Å². The summed E-state index contributed by atoms with van der Waals surface area (Å²) in [4.78, 5) is 5.11. The third-order valence-electron chi connectivity index (χ3n) is 15.6. The molecule has 2 aliphatic carbocycles. The lowest BCUT2D eigenvalue weighted by molar-refractivity contribution is 0.436. The summed E-state index contributed by atoms with van der Waals surface area (Å²) in [5.41, 5.74) is 22.1. The maximum absolute atomic E-state index is 6.69. The molecule has 11 aromatic rings. The summed E-state index contributed by atoms with van der Waals surface area (Å²) in [7, 11) is 0. The predicted molar refractivity (Wildman–Crippen MR) is 291 cm³/mol. The lowest BCUT2D eigenvalue weighted by Gasteiger charge is -2.39. The second kappa shape index (κ2) is 15.4. The van der Waals surface area contributed by atoms with E-state index in [1.165, 1.54) is 76.6 Å². The van der Waals surface area contributed by atoms with Crippen LogP contribution in [-0.2, 0) is 10.8 Å². The summed E-state index contributed by atoms with van der Waals surface area (Å²) in [6.07, 6.45) is 0. The summed E-state index contributed by atoms with van der Waals surface area (Å²) in [6, 6.07) is 96.6. The molecule has 0 unspecified atom stereocenters. The van der Waals surface area contributed by atoms with E-state index in [4.69, 9.17) is 4.74 Å². The van der Waals surface area contributed by atoms with Gasteiger partial charge in [0.05, 0.1) is 16.5 Å². The Labute approximate surface area is 418 Å². The van der Waals surface area contributed by atoms with Crippen LogP contribution in [0.3, 0.4) is 0 Å². The molecule has 0 saturated carbocycles. The van der Waals surface area contributed by atoms with Gasteiger partial charge in [-0.3, -0.25) is 0 Å². The van der Waals surface area contributed by atoms with Crippen molar-refractivity contribution in [1.82, 2.24) is 0 Å². The Hall–Kier alpha value is -8.63. The number of benzene rings is 11. The van der Waals surface area contributed by atoms with Crippen LogP contribution in [-0.4, -0.2) is 0 Å². The first-order valence-electron chi connectivity index (χ1n) is 24.5. The van der Waals surface area contributed by atoms with Gasteiger partial charge in [0, 0.05) is 37.9 Å². The van der Waals surface area contributed by atoms with Crippen LogP contribution in [0.1, 0.15) is 44.5 Å². The Bertz CT molecular complexity index is 3680. The SMILES string of the molecule is c1ccc(-c2ccc(-c3ccccc3N(c3ccc4c(c3)-c3ccccc3C43c4ccccc4Oc4ccccc43)c3ccc4c(c3)-c3ccccc3C43c4ccccc4Sc4ccccc43)cc2)cc1. The van der Waals surface area contributed by atoms with Gasteiger partial charge in [-0.1, -0.05) is 218 Å². The van der Waals surface area contributed by atoms with Crippen LogP contribution in [0.15, 0.2) is 271 Å². The number of anilines is 3. The van der Waals surface area contributed by atoms with E-state index < -0.39 is 10.8 Å². The highest BCUT2D eigenvalue weighted by atomic mass is 32.2. The fraction of sp³-hybridized carbons (Fsp3) is 0.0294. The van der Waals surface area contributed by atoms with Gasteiger partial charge in [0.2, 0.25) is 0 Å². The Morgan fingerprint density at radius 2 is 0.676 bits per heavy atom. The largest absolute Gasteiger partial charge is 0.457 e. The molecule has 332 valence electrons. The minimum atomic E-state index is -0.560. The minimum absolute atomic E-state index is 0.464. The smallest absolute Gasteiger partial charge is 0.132 e. The second-order valence-corrected chi connectivity index (χ2v) is 20.1. The first kappa shape index (κ1) is 40.3. The van der Waals surface area contributed by atoms with Gasteiger partial charge in [-0.15, -0.1) is 0 Å². The zero-order valence-corrected chi connectivity index (χ0v) is 39.4. The fourth-order valence-corrected chi connectivity index (χ4v) is 14.0. The molecule has 11 aromatic carbocycles. The van der Waals surface area contributed by atoms with Gasteiger partial charge in [0.15, 0.2) is 0 Å². The highest BCUT2D eigenvalue weighted by Gasteiger charge is 2.52. The van der Waals surface area contributed by atoms with Crippen molar-refractivity contribution in [2.45, 2.75) is 20.6 Å². The molecule has 2 spiro atoms. The van der Waals surface area contributed by atoms with E-state index in [1.807, 2.05) is 11.8 Å².